The van der Waals surface area contributed by atoms with Crippen LogP contribution in [0.3, 0.4) is 0 Å². The number of carbonyl (C=O) groups is 1. The maximum atomic E-state index is 12.4. The third-order valence-electron chi connectivity index (χ3n) is 3.39. The monoisotopic (exact) mass is 297 g/mol. The first-order chi connectivity index (χ1) is 10.2. The molecule has 0 saturated heterocycles. The number of amides is 1. The van der Waals surface area contributed by atoms with Crippen molar-refractivity contribution in [1.82, 2.24) is 0 Å². The lowest BCUT2D eigenvalue weighted by atomic mass is 10.2. The highest BCUT2D eigenvalue weighted by molar-refractivity contribution is 8.08. The molecule has 0 N–H and O–H groups in total. The Kier molecular flexibility index (Phi) is 3.71. The zero-order valence-corrected chi connectivity index (χ0v) is 12.7. The number of hydrogen-bond donors (Lipinski definition) is 0. The number of fused-ring (bicyclic) bond motifs is 1. The molecule has 3 rings (SSSR count). The fourth-order valence-corrected chi connectivity index (χ4v) is 3.28. The molecule has 106 valence electrons. The van der Waals surface area contributed by atoms with Crippen LogP contribution < -0.4 is 9.64 Å². The lowest BCUT2D eigenvalue weighted by molar-refractivity contribution is -0.113. The van der Waals surface area contributed by atoms with Gasteiger partial charge in [0.15, 0.2) is 0 Å². The average molecular weight is 297 g/mol. The van der Waals surface area contributed by atoms with Crippen molar-refractivity contribution < 1.29 is 9.53 Å². The van der Waals surface area contributed by atoms with Gasteiger partial charge in [0.2, 0.25) is 0 Å². The molecule has 0 fully saturated rings. The van der Waals surface area contributed by atoms with Gasteiger partial charge in [0.1, 0.15) is 5.75 Å². The Morgan fingerprint density at radius 3 is 2.57 bits per heavy atom. The maximum Gasteiger partial charge on any atom is 0.251 e. The van der Waals surface area contributed by atoms with Gasteiger partial charge >= 0.3 is 0 Å². The number of thioether (sulfide) groups is 1. The standard InChI is InChI=1S/C17H15NO2S/c1-18-14-10-13(20-2)8-9-15(14)21-16(11-17(18)19)12-6-4-3-5-7-12/h3-11H,1-2H3. The van der Waals surface area contributed by atoms with Crippen molar-refractivity contribution in [3.8, 4) is 5.75 Å². The van der Waals surface area contributed by atoms with Crippen molar-refractivity contribution in [3.05, 3.63) is 60.2 Å². The first-order valence-electron chi connectivity index (χ1n) is 6.60. The number of hydrogen-bond acceptors (Lipinski definition) is 3. The van der Waals surface area contributed by atoms with Crippen molar-refractivity contribution in [2.24, 2.45) is 0 Å². The highest BCUT2D eigenvalue weighted by Gasteiger charge is 2.21. The summed E-state index contributed by atoms with van der Waals surface area (Å²) in [5.74, 6) is 0.713. The Bertz CT molecular complexity index is 710. The van der Waals surface area contributed by atoms with Crippen molar-refractivity contribution >= 4 is 28.3 Å². The molecule has 3 nitrogen and oxygen atoms in total. The molecule has 1 aliphatic rings. The third-order valence-corrected chi connectivity index (χ3v) is 4.53. The van der Waals surface area contributed by atoms with E-state index in [1.807, 2.05) is 48.5 Å². The minimum absolute atomic E-state index is 0.0339. The van der Waals surface area contributed by atoms with Crippen LogP contribution in [-0.4, -0.2) is 20.1 Å². The Labute approximate surface area is 128 Å². The summed E-state index contributed by atoms with van der Waals surface area (Å²) in [6.45, 7) is 0. The molecule has 21 heavy (non-hydrogen) atoms. The second-order valence-electron chi connectivity index (χ2n) is 4.71. The van der Waals surface area contributed by atoms with Crippen LogP contribution in [-0.2, 0) is 4.79 Å². The quantitative estimate of drug-likeness (QED) is 0.844. The first-order valence-corrected chi connectivity index (χ1v) is 7.41. The van der Waals surface area contributed by atoms with Gasteiger partial charge < -0.3 is 9.64 Å². The zero-order chi connectivity index (χ0) is 14.8. The molecule has 1 aliphatic heterocycles. The lowest BCUT2D eigenvalue weighted by Gasteiger charge is -2.17. The van der Waals surface area contributed by atoms with Crippen LogP contribution >= 0.6 is 11.8 Å². The predicted molar refractivity (Wildman–Crippen MR) is 86.7 cm³/mol. The van der Waals surface area contributed by atoms with Crippen molar-refractivity contribution in [2.75, 3.05) is 19.1 Å². The summed E-state index contributed by atoms with van der Waals surface area (Å²) in [6.07, 6.45) is 1.69. The summed E-state index contributed by atoms with van der Waals surface area (Å²) in [6, 6.07) is 15.7. The van der Waals surface area contributed by atoms with E-state index in [9.17, 15) is 4.79 Å². The normalized spacial score (nSPS) is 14.3. The van der Waals surface area contributed by atoms with Crippen LogP contribution in [0.4, 0.5) is 5.69 Å². The SMILES string of the molecule is COc1ccc2c(c1)N(C)C(=O)C=C(c1ccccc1)S2. The average Bonchev–Trinajstić information content (AvgIpc) is 2.66. The van der Waals surface area contributed by atoms with Gasteiger partial charge in [-0.3, -0.25) is 4.79 Å². The highest BCUT2D eigenvalue weighted by Crippen LogP contribution is 2.43. The van der Waals surface area contributed by atoms with Crippen LogP contribution in [0.25, 0.3) is 4.91 Å². The molecule has 2 aromatic carbocycles. The summed E-state index contributed by atoms with van der Waals surface area (Å²) >= 11 is 1.60. The van der Waals surface area contributed by atoms with Crippen LogP contribution in [0.15, 0.2) is 59.5 Å². The van der Waals surface area contributed by atoms with E-state index in [0.717, 1.165) is 26.8 Å². The largest absolute Gasteiger partial charge is 0.497 e. The van der Waals surface area contributed by atoms with E-state index in [1.165, 1.54) is 0 Å². The van der Waals surface area contributed by atoms with E-state index >= 15 is 0 Å². The van der Waals surface area contributed by atoms with Crippen LogP contribution in [0.1, 0.15) is 5.56 Å². The molecule has 4 heteroatoms. The maximum absolute atomic E-state index is 12.4. The smallest absolute Gasteiger partial charge is 0.251 e. The molecule has 0 atom stereocenters. The van der Waals surface area contributed by atoms with E-state index in [0.29, 0.717) is 0 Å². The number of ether oxygens (including phenoxy) is 1. The van der Waals surface area contributed by atoms with E-state index in [1.54, 1.807) is 36.9 Å². The summed E-state index contributed by atoms with van der Waals surface area (Å²) in [5.41, 5.74) is 1.92. The van der Waals surface area contributed by atoms with Gasteiger partial charge in [-0.15, -0.1) is 0 Å². The van der Waals surface area contributed by atoms with E-state index in [-0.39, 0.29) is 5.91 Å². The Morgan fingerprint density at radius 1 is 1.10 bits per heavy atom. The number of likely N-dealkylation sites (N-methyl/N-ethyl adjacent to an activating group) is 1. The van der Waals surface area contributed by atoms with Crippen LogP contribution in [0, 0.1) is 0 Å². The predicted octanol–water partition coefficient (Wildman–Crippen LogP) is 3.80. The summed E-state index contributed by atoms with van der Waals surface area (Å²) in [4.78, 5) is 16.0. The molecule has 0 spiro atoms. The van der Waals surface area contributed by atoms with Gasteiger partial charge in [0.05, 0.1) is 12.8 Å². The van der Waals surface area contributed by atoms with E-state index in [4.69, 9.17) is 4.74 Å². The summed E-state index contributed by atoms with van der Waals surface area (Å²) in [5, 5.41) is 0. The molecule has 0 radical (unpaired) electrons. The minimum Gasteiger partial charge on any atom is -0.497 e. The molecular weight excluding hydrogens is 282 g/mol. The van der Waals surface area contributed by atoms with Gasteiger partial charge in [-0.1, -0.05) is 42.1 Å². The van der Waals surface area contributed by atoms with Gasteiger partial charge in [0.25, 0.3) is 5.91 Å². The number of benzene rings is 2. The summed E-state index contributed by atoms with van der Waals surface area (Å²) < 4.78 is 5.25. The fraction of sp³-hybridized carbons (Fsp3) is 0.118. The number of methoxy groups -OCH3 is 1. The van der Waals surface area contributed by atoms with E-state index in [2.05, 4.69) is 0 Å². The fourth-order valence-electron chi connectivity index (χ4n) is 2.19. The summed E-state index contributed by atoms with van der Waals surface area (Å²) in [7, 11) is 3.41. The molecule has 1 heterocycles. The molecule has 0 bridgehead atoms. The molecule has 1 amide bonds. The van der Waals surface area contributed by atoms with Gasteiger partial charge in [-0.25, -0.2) is 0 Å². The van der Waals surface area contributed by atoms with Gasteiger partial charge in [-0.2, -0.15) is 0 Å². The molecular formula is C17H15NO2S. The van der Waals surface area contributed by atoms with Crippen LogP contribution in [0.5, 0.6) is 5.75 Å². The highest BCUT2D eigenvalue weighted by atomic mass is 32.2. The lowest BCUT2D eigenvalue weighted by Crippen LogP contribution is -2.23. The number of carbonyl (C=O) groups excluding carboxylic acids is 1. The molecule has 0 aromatic heterocycles. The van der Waals surface area contributed by atoms with E-state index < -0.39 is 0 Å². The van der Waals surface area contributed by atoms with Gasteiger partial charge in [-0.05, 0) is 17.7 Å². The molecule has 2 aromatic rings. The van der Waals surface area contributed by atoms with Crippen molar-refractivity contribution in [3.63, 3.8) is 0 Å². The second-order valence-corrected chi connectivity index (χ2v) is 5.79. The molecule has 0 aliphatic carbocycles. The van der Waals surface area contributed by atoms with Crippen molar-refractivity contribution in [1.29, 1.82) is 0 Å². The Balaban J connectivity index is 2.08. The first kappa shape index (κ1) is 13.8. The Morgan fingerprint density at radius 2 is 1.86 bits per heavy atom. The zero-order valence-electron chi connectivity index (χ0n) is 11.9. The number of nitrogens with zero attached hydrogens (tertiary/aromatic N) is 1. The molecule has 0 unspecified atom stereocenters. The second kappa shape index (κ2) is 5.66. The van der Waals surface area contributed by atoms with Gasteiger partial charge in [0, 0.05) is 29.0 Å². The topological polar surface area (TPSA) is 29.5 Å². The third kappa shape index (κ3) is 2.67. The number of anilines is 1. The Hall–Kier alpha value is -2.20. The molecule has 0 saturated carbocycles. The minimum atomic E-state index is -0.0339. The number of rotatable bonds is 2. The van der Waals surface area contributed by atoms with Crippen molar-refractivity contribution in [2.45, 2.75) is 4.90 Å². The van der Waals surface area contributed by atoms with Crippen LogP contribution in [0.2, 0.25) is 0 Å².